The van der Waals surface area contributed by atoms with Crippen molar-refractivity contribution in [1.29, 1.82) is 5.41 Å². The Morgan fingerprint density at radius 3 is 2.33 bits per heavy atom. The van der Waals surface area contributed by atoms with Gasteiger partial charge in [-0.3, -0.25) is 0 Å². The maximum Gasteiger partial charge on any atom is 0.160 e. The summed E-state index contributed by atoms with van der Waals surface area (Å²) in [5.74, 6) is 1.89. The molecule has 4 nitrogen and oxygen atoms in total. The van der Waals surface area contributed by atoms with Gasteiger partial charge in [-0.1, -0.05) is 0 Å². The normalized spacial score (nSPS) is 10.7. The first-order valence-corrected chi connectivity index (χ1v) is 4.50. The predicted octanol–water partition coefficient (Wildman–Crippen LogP) is 1.78. The van der Waals surface area contributed by atoms with Crippen LogP contribution >= 0.6 is 0 Å². The molecular formula is C11H14N2O2. The van der Waals surface area contributed by atoms with Crippen LogP contribution in [0.3, 0.4) is 0 Å². The number of rotatable bonds is 5. The molecule has 4 heteroatoms. The van der Waals surface area contributed by atoms with Gasteiger partial charge in [0.2, 0.25) is 0 Å². The molecule has 0 aliphatic rings. The lowest BCUT2D eigenvalue weighted by Crippen LogP contribution is -2.03. The Balaban J connectivity index is 2.71. The molecule has 0 aliphatic carbocycles. The second kappa shape index (κ2) is 5.70. The lowest BCUT2D eigenvalue weighted by molar-refractivity contribution is 0.411. The summed E-state index contributed by atoms with van der Waals surface area (Å²) in [6.45, 7) is 0. The van der Waals surface area contributed by atoms with Gasteiger partial charge >= 0.3 is 0 Å². The summed E-state index contributed by atoms with van der Waals surface area (Å²) in [4.78, 5) is 0. The summed E-state index contributed by atoms with van der Waals surface area (Å²) in [5, 5.41) is 9.91. The van der Waals surface area contributed by atoms with E-state index >= 15 is 0 Å². The van der Waals surface area contributed by atoms with Crippen molar-refractivity contribution in [2.24, 2.45) is 0 Å². The van der Waals surface area contributed by atoms with Crippen molar-refractivity contribution in [2.75, 3.05) is 14.2 Å². The summed E-state index contributed by atoms with van der Waals surface area (Å²) < 4.78 is 10.4. The lowest BCUT2D eigenvalue weighted by Gasteiger charge is -2.06. The van der Waals surface area contributed by atoms with Gasteiger partial charge in [-0.25, -0.2) is 0 Å². The van der Waals surface area contributed by atoms with Gasteiger partial charge in [0.1, 0.15) is 11.5 Å². The van der Waals surface area contributed by atoms with Gasteiger partial charge in [0.25, 0.3) is 0 Å². The van der Waals surface area contributed by atoms with Crippen LogP contribution in [0.15, 0.2) is 36.2 Å². The summed E-state index contributed by atoms with van der Waals surface area (Å²) in [5.41, 5.74) is 0. The number of methoxy groups -OCH3 is 1. The van der Waals surface area contributed by atoms with E-state index in [9.17, 15) is 0 Å². The molecule has 0 atom stereocenters. The Hall–Kier alpha value is -1.97. The van der Waals surface area contributed by atoms with Crippen molar-refractivity contribution in [3.05, 3.63) is 36.2 Å². The summed E-state index contributed by atoms with van der Waals surface area (Å²) in [6, 6.07) is 7.17. The zero-order valence-corrected chi connectivity index (χ0v) is 8.78. The fourth-order valence-electron chi connectivity index (χ4n) is 1.02. The third kappa shape index (κ3) is 3.34. The van der Waals surface area contributed by atoms with Crippen molar-refractivity contribution < 1.29 is 9.47 Å². The van der Waals surface area contributed by atoms with Crippen LogP contribution in [-0.2, 0) is 0 Å². The van der Waals surface area contributed by atoms with E-state index in [1.165, 1.54) is 0 Å². The number of hydrogen-bond donors (Lipinski definition) is 2. The van der Waals surface area contributed by atoms with E-state index in [2.05, 4.69) is 5.32 Å². The number of nitrogens with one attached hydrogen (secondary N) is 2. The van der Waals surface area contributed by atoms with Gasteiger partial charge in [0.05, 0.1) is 13.3 Å². The van der Waals surface area contributed by atoms with Gasteiger partial charge in [-0.2, -0.15) is 0 Å². The molecule has 0 fully saturated rings. The van der Waals surface area contributed by atoms with Crippen molar-refractivity contribution in [3.8, 4) is 11.5 Å². The Morgan fingerprint density at radius 1 is 1.27 bits per heavy atom. The largest absolute Gasteiger partial charge is 0.497 e. The second-order valence-corrected chi connectivity index (χ2v) is 2.76. The molecule has 0 unspecified atom stereocenters. The van der Waals surface area contributed by atoms with Crippen LogP contribution in [0.2, 0.25) is 0 Å². The Bertz CT molecular complexity index is 344. The first-order chi connectivity index (χ1) is 7.30. The molecule has 0 bridgehead atoms. The molecule has 0 aliphatic heterocycles. The van der Waals surface area contributed by atoms with Crippen LogP contribution in [0.4, 0.5) is 0 Å². The number of ether oxygens (including phenoxy) is 2. The molecule has 80 valence electrons. The maximum atomic E-state index is 7.11. The van der Waals surface area contributed by atoms with Crippen molar-refractivity contribution in [3.63, 3.8) is 0 Å². The predicted molar refractivity (Wildman–Crippen MR) is 59.5 cm³/mol. The van der Waals surface area contributed by atoms with Crippen LogP contribution < -0.4 is 14.8 Å². The minimum Gasteiger partial charge on any atom is -0.497 e. The number of hydrogen-bond acceptors (Lipinski definition) is 4. The van der Waals surface area contributed by atoms with Crippen molar-refractivity contribution in [1.82, 2.24) is 5.32 Å². The first kappa shape index (κ1) is 11.1. The first-order valence-electron chi connectivity index (χ1n) is 4.50. The number of allylic oxidation sites excluding steroid dienone is 1. The third-order valence-corrected chi connectivity index (χ3v) is 1.72. The van der Waals surface area contributed by atoms with E-state index in [0.717, 1.165) is 12.0 Å². The van der Waals surface area contributed by atoms with Crippen LogP contribution in [-0.4, -0.2) is 20.4 Å². The molecule has 1 aromatic rings. The van der Waals surface area contributed by atoms with Gasteiger partial charge in [-0.05, 0) is 24.3 Å². The van der Waals surface area contributed by atoms with Crippen LogP contribution in [0, 0.1) is 5.41 Å². The average Bonchev–Trinajstić information content (AvgIpc) is 2.29. The highest BCUT2D eigenvalue weighted by Crippen LogP contribution is 2.18. The highest BCUT2D eigenvalue weighted by Gasteiger charge is 1.97. The topological polar surface area (TPSA) is 54.3 Å². The SMILES string of the molecule is CN/C=C(\C=N)Oc1ccc(OC)cc1. The van der Waals surface area contributed by atoms with E-state index in [-0.39, 0.29) is 0 Å². The highest BCUT2D eigenvalue weighted by molar-refractivity contribution is 5.73. The Labute approximate surface area is 89.0 Å². The lowest BCUT2D eigenvalue weighted by atomic mass is 10.3. The fourth-order valence-corrected chi connectivity index (χ4v) is 1.02. The van der Waals surface area contributed by atoms with E-state index in [1.54, 1.807) is 44.6 Å². The van der Waals surface area contributed by atoms with Crippen LogP contribution in [0.1, 0.15) is 0 Å². The smallest absolute Gasteiger partial charge is 0.160 e. The summed E-state index contributed by atoms with van der Waals surface area (Å²) in [7, 11) is 3.36. The quantitative estimate of drug-likeness (QED) is 0.570. The zero-order chi connectivity index (χ0) is 11.1. The number of benzene rings is 1. The van der Waals surface area contributed by atoms with Gasteiger partial charge in [-0.15, -0.1) is 0 Å². The Morgan fingerprint density at radius 2 is 1.87 bits per heavy atom. The van der Waals surface area contributed by atoms with Gasteiger partial charge in [0.15, 0.2) is 5.76 Å². The Kier molecular flexibility index (Phi) is 4.22. The molecular weight excluding hydrogens is 192 g/mol. The van der Waals surface area contributed by atoms with E-state index in [1.807, 2.05) is 0 Å². The van der Waals surface area contributed by atoms with Gasteiger partial charge < -0.3 is 20.2 Å². The summed E-state index contributed by atoms with van der Waals surface area (Å²) in [6.07, 6.45) is 2.75. The van der Waals surface area contributed by atoms with E-state index in [0.29, 0.717) is 11.5 Å². The molecule has 0 amide bonds. The van der Waals surface area contributed by atoms with Crippen molar-refractivity contribution >= 4 is 6.21 Å². The third-order valence-electron chi connectivity index (χ3n) is 1.72. The molecule has 15 heavy (non-hydrogen) atoms. The van der Waals surface area contributed by atoms with Gasteiger partial charge in [0, 0.05) is 13.2 Å². The molecule has 0 radical (unpaired) electrons. The molecule has 1 rings (SSSR count). The van der Waals surface area contributed by atoms with Crippen LogP contribution in [0.25, 0.3) is 0 Å². The summed E-state index contributed by atoms with van der Waals surface area (Å²) >= 11 is 0. The molecule has 2 N–H and O–H groups in total. The molecule has 0 saturated heterocycles. The molecule has 0 saturated carbocycles. The second-order valence-electron chi connectivity index (χ2n) is 2.76. The monoisotopic (exact) mass is 206 g/mol. The zero-order valence-electron chi connectivity index (χ0n) is 8.78. The van der Waals surface area contributed by atoms with E-state index in [4.69, 9.17) is 14.9 Å². The van der Waals surface area contributed by atoms with Crippen LogP contribution in [0.5, 0.6) is 11.5 Å². The maximum absolute atomic E-state index is 7.11. The molecule has 1 aromatic carbocycles. The fraction of sp³-hybridized carbons (Fsp3) is 0.182. The highest BCUT2D eigenvalue weighted by atomic mass is 16.5. The molecule has 0 aromatic heterocycles. The standard InChI is InChI=1S/C11H14N2O2/c1-13-8-11(7-12)15-10-5-3-9(14-2)4-6-10/h3-8,12-13H,1-2H3/b11-8+,12-7?. The minimum absolute atomic E-state index is 0.447. The average molecular weight is 206 g/mol. The van der Waals surface area contributed by atoms with Crippen molar-refractivity contribution in [2.45, 2.75) is 0 Å². The molecule has 0 spiro atoms. The minimum atomic E-state index is 0.447. The van der Waals surface area contributed by atoms with E-state index < -0.39 is 0 Å². The molecule has 0 heterocycles.